The minimum atomic E-state index is -1.94. The highest BCUT2D eigenvalue weighted by molar-refractivity contribution is 6.71. The smallest absolute Gasteiger partial charge is 0.242 e. The highest BCUT2D eigenvalue weighted by atomic mass is 28.4. The Morgan fingerprint density at radius 3 is 1.81 bits per heavy atom. The molecule has 8 heteroatoms. The van der Waals surface area contributed by atoms with Crippen molar-refractivity contribution in [3.8, 4) is 23.0 Å². The molecule has 1 aliphatic rings. The molecule has 0 aliphatic carbocycles. The summed E-state index contributed by atoms with van der Waals surface area (Å²) in [6.45, 7) is 19.2. The van der Waals surface area contributed by atoms with Crippen LogP contribution in [0, 0.1) is 0 Å². The van der Waals surface area contributed by atoms with Crippen molar-refractivity contribution < 1.29 is 22.8 Å². The van der Waals surface area contributed by atoms with Crippen LogP contribution in [0.2, 0.25) is 58.9 Å². The minimum absolute atomic E-state index is 0.0338. The van der Waals surface area contributed by atoms with E-state index in [-0.39, 0.29) is 18.3 Å². The molecule has 1 atom stereocenters. The van der Waals surface area contributed by atoms with Crippen LogP contribution in [0.15, 0.2) is 36.4 Å². The molecule has 5 nitrogen and oxygen atoms in total. The molecule has 0 fully saturated rings. The summed E-state index contributed by atoms with van der Waals surface area (Å²) in [4.78, 5) is 13.2. The molecule has 0 aromatic heterocycles. The van der Waals surface area contributed by atoms with E-state index in [1.165, 1.54) is 0 Å². The molecule has 0 bridgehead atoms. The summed E-state index contributed by atoms with van der Waals surface area (Å²) < 4.78 is 24.9. The van der Waals surface area contributed by atoms with Crippen LogP contribution in [0.5, 0.6) is 23.0 Å². The first kappa shape index (κ1) is 24.6. The second-order valence-corrected chi connectivity index (χ2v) is 24.5. The van der Waals surface area contributed by atoms with Gasteiger partial charge in [0.25, 0.3) is 0 Å². The van der Waals surface area contributed by atoms with E-state index < -0.39 is 25.0 Å². The molecule has 0 amide bonds. The second-order valence-electron chi connectivity index (χ2n) is 11.2. The van der Waals surface area contributed by atoms with E-state index in [0.717, 1.165) is 11.3 Å². The lowest BCUT2D eigenvalue weighted by Crippen LogP contribution is -2.32. The van der Waals surface area contributed by atoms with Crippen LogP contribution in [0.4, 0.5) is 0 Å². The van der Waals surface area contributed by atoms with Gasteiger partial charge in [0.2, 0.25) is 25.0 Å². The molecular formula is C24H36O5Si3. The van der Waals surface area contributed by atoms with Gasteiger partial charge in [0.05, 0.1) is 6.42 Å². The highest BCUT2D eigenvalue weighted by Crippen LogP contribution is 2.43. The Morgan fingerprint density at radius 2 is 1.28 bits per heavy atom. The molecule has 3 rings (SSSR count). The quantitative estimate of drug-likeness (QED) is 0.391. The van der Waals surface area contributed by atoms with Gasteiger partial charge in [-0.3, -0.25) is 4.79 Å². The lowest BCUT2D eigenvalue weighted by molar-refractivity contribution is 0.0846. The molecule has 1 aliphatic heterocycles. The number of ketones is 1. The number of hydrogen-bond donors (Lipinski definition) is 0. The monoisotopic (exact) mass is 488 g/mol. The predicted molar refractivity (Wildman–Crippen MR) is 137 cm³/mol. The van der Waals surface area contributed by atoms with Crippen molar-refractivity contribution in [3.05, 3.63) is 47.5 Å². The first-order valence-corrected chi connectivity index (χ1v) is 21.4. The fourth-order valence-corrected chi connectivity index (χ4v) is 6.00. The van der Waals surface area contributed by atoms with Crippen LogP contribution in [0.1, 0.15) is 28.4 Å². The fourth-order valence-electron chi connectivity index (χ4n) is 3.51. The van der Waals surface area contributed by atoms with Gasteiger partial charge >= 0.3 is 0 Å². The molecule has 2 aromatic rings. The molecule has 0 saturated heterocycles. The maximum Gasteiger partial charge on any atom is 0.242 e. The van der Waals surface area contributed by atoms with Crippen LogP contribution in [-0.4, -0.2) is 30.7 Å². The molecule has 0 radical (unpaired) electrons. The number of benzene rings is 2. The molecule has 0 spiro atoms. The van der Waals surface area contributed by atoms with E-state index in [2.05, 4.69) is 58.9 Å². The number of Topliss-reactive ketones (excluding diaryl/α,β-unsaturated/α-hetero) is 1. The van der Waals surface area contributed by atoms with Crippen molar-refractivity contribution in [3.63, 3.8) is 0 Å². The second kappa shape index (κ2) is 8.72. The highest BCUT2D eigenvalue weighted by Gasteiger charge is 2.33. The molecule has 0 N–H and O–H groups in total. The van der Waals surface area contributed by atoms with Crippen LogP contribution >= 0.6 is 0 Å². The molecule has 2 aromatic carbocycles. The summed E-state index contributed by atoms with van der Waals surface area (Å²) >= 11 is 0. The van der Waals surface area contributed by atoms with Gasteiger partial charge in [-0.25, -0.2) is 0 Å². The van der Waals surface area contributed by atoms with Crippen LogP contribution < -0.4 is 18.0 Å². The lowest BCUT2D eigenvalue weighted by Gasteiger charge is -2.30. The largest absolute Gasteiger partial charge is 0.544 e. The van der Waals surface area contributed by atoms with Crippen molar-refractivity contribution in [1.82, 2.24) is 0 Å². The molecule has 1 heterocycles. The third-order valence-corrected chi connectivity index (χ3v) is 7.00. The Hall–Kier alpha value is -2.04. The van der Waals surface area contributed by atoms with E-state index in [4.69, 9.17) is 18.0 Å². The molecule has 32 heavy (non-hydrogen) atoms. The molecule has 1 unspecified atom stereocenters. The first-order chi connectivity index (χ1) is 14.6. The van der Waals surface area contributed by atoms with Gasteiger partial charge < -0.3 is 18.0 Å². The zero-order valence-electron chi connectivity index (χ0n) is 20.8. The van der Waals surface area contributed by atoms with Crippen molar-refractivity contribution in [2.45, 2.75) is 71.4 Å². The van der Waals surface area contributed by atoms with E-state index >= 15 is 0 Å². The van der Waals surface area contributed by atoms with Crippen molar-refractivity contribution in [1.29, 1.82) is 0 Å². The summed E-state index contributed by atoms with van der Waals surface area (Å²) in [6, 6.07) is 11.6. The zero-order chi connectivity index (χ0) is 23.9. The SMILES string of the molecule is C[Si](C)(C)Oc1ccc(C2CC(=O)c3c(cc(O[Si](C)(C)C)cc3O[Si](C)(C)C)O2)cc1. The summed E-state index contributed by atoms with van der Waals surface area (Å²) in [5, 5.41) is 0. The average molecular weight is 489 g/mol. The molecule has 174 valence electrons. The van der Waals surface area contributed by atoms with Crippen LogP contribution in [-0.2, 0) is 0 Å². The summed E-state index contributed by atoms with van der Waals surface area (Å²) in [5.74, 6) is 2.71. The topological polar surface area (TPSA) is 54.0 Å². The van der Waals surface area contributed by atoms with Gasteiger partial charge in [-0.05, 0) is 76.6 Å². The Morgan fingerprint density at radius 1 is 0.750 bits per heavy atom. The number of carbonyl (C=O) groups is 1. The normalized spacial score (nSPS) is 16.8. The average Bonchev–Trinajstić information content (AvgIpc) is 2.57. The number of ether oxygens (including phenoxy) is 1. The number of hydrogen-bond acceptors (Lipinski definition) is 5. The van der Waals surface area contributed by atoms with Gasteiger partial charge in [0.1, 0.15) is 34.7 Å². The number of carbonyl (C=O) groups excluding carboxylic acids is 1. The van der Waals surface area contributed by atoms with Crippen molar-refractivity contribution >= 4 is 30.7 Å². The van der Waals surface area contributed by atoms with Crippen molar-refractivity contribution in [2.24, 2.45) is 0 Å². The lowest BCUT2D eigenvalue weighted by atomic mass is 9.95. The standard InChI is InChI=1S/C24H36O5Si3/c1-30(2,3)27-18-12-10-17(11-13-18)21-16-20(25)24-22(26-21)14-19(28-31(4,5)6)15-23(24)29-32(7,8)9/h10-15,21H,16H2,1-9H3. The number of fused-ring (bicyclic) bond motifs is 1. The van der Waals surface area contributed by atoms with E-state index in [1.54, 1.807) is 0 Å². The summed E-state index contributed by atoms with van der Waals surface area (Å²) in [5.41, 5.74) is 1.49. The van der Waals surface area contributed by atoms with Gasteiger partial charge in [0, 0.05) is 12.1 Å². The Labute approximate surface area is 195 Å². The van der Waals surface area contributed by atoms with Gasteiger partial charge in [-0.2, -0.15) is 0 Å². The van der Waals surface area contributed by atoms with Gasteiger partial charge in [-0.15, -0.1) is 0 Å². The summed E-state index contributed by atoms with van der Waals surface area (Å²) in [7, 11) is -5.45. The Bertz CT molecular complexity index is 983. The first-order valence-electron chi connectivity index (χ1n) is 11.1. The Balaban J connectivity index is 1.95. The van der Waals surface area contributed by atoms with E-state index in [9.17, 15) is 4.79 Å². The van der Waals surface area contributed by atoms with Gasteiger partial charge in [-0.1, -0.05) is 12.1 Å². The zero-order valence-corrected chi connectivity index (χ0v) is 23.8. The van der Waals surface area contributed by atoms with E-state index in [0.29, 0.717) is 22.8 Å². The maximum absolute atomic E-state index is 13.2. The summed E-state index contributed by atoms with van der Waals surface area (Å²) in [6.07, 6.45) is -0.0740. The van der Waals surface area contributed by atoms with Gasteiger partial charge in [0.15, 0.2) is 5.78 Å². The van der Waals surface area contributed by atoms with E-state index in [1.807, 2.05) is 36.4 Å². The van der Waals surface area contributed by atoms with Crippen LogP contribution in [0.3, 0.4) is 0 Å². The third kappa shape index (κ3) is 6.73. The van der Waals surface area contributed by atoms with Crippen molar-refractivity contribution in [2.75, 3.05) is 0 Å². The fraction of sp³-hybridized carbons (Fsp3) is 0.458. The minimum Gasteiger partial charge on any atom is -0.544 e. The Kier molecular flexibility index (Phi) is 6.70. The maximum atomic E-state index is 13.2. The molecular weight excluding hydrogens is 453 g/mol. The van der Waals surface area contributed by atoms with Crippen LogP contribution in [0.25, 0.3) is 0 Å². The number of rotatable bonds is 7. The predicted octanol–water partition coefficient (Wildman–Crippen LogP) is 7.03. The third-order valence-electron chi connectivity index (χ3n) is 4.47. The molecule has 0 saturated carbocycles.